The summed E-state index contributed by atoms with van der Waals surface area (Å²) in [4.78, 5) is 22.6. The third-order valence-electron chi connectivity index (χ3n) is 2.19. The van der Waals surface area contributed by atoms with Gasteiger partial charge in [0.05, 0.1) is 18.1 Å². The molecule has 16 heavy (non-hydrogen) atoms. The minimum atomic E-state index is -2.03. The maximum Gasteiger partial charge on any atom is 0.244 e. The first kappa shape index (κ1) is 13.1. The average molecular weight is 280 g/mol. The van der Waals surface area contributed by atoms with Crippen LogP contribution in [-0.2, 0) is 9.59 Å². The molecule has 1 saturated heterocycles. The number of nitrogens with one attached hydrogen (secondary N) is 1. The highest BCUT2D eigenvalue weighted by Gasteiger charge is 2.53. The van der Waals surface area contributed by atoms with Crippen molar-refractivity contribution in [2.45, 2.75) is 3.79 Å². The van der Waals surface area contributed by atoms with E-state index in [1.807, 2.05) is 5.32 Å². The largest absolute Gasteiger partial charge is 0.294 e. The molecule has 1 aliphatic heterocycles. The smallest absolute Gasteiger partial charge is 0.244 e. The molecule has 84 valence electrons. The molecule has 0 aromatic rings. The first-order chi connectivity index (χ1) is 7.32. The van der Waals surface area contributed by atoms with Gasteiger partial charge in [0.1, 0.15) is 11.8 Å². The highest BCUT2D eigenvalue weighted by Crippen LogP contribution is 2.45. The number of imide groups is 1. The molecule has 5 nitrogen and oxygen atoms in total. The number of nitriles is 2. The lowest BCUT2D eigenvalue weighted by Crippen LogP contribution is -2.54. The fraction of sp³-hybridized carbons (Fsp3) is 0.500. The van der Waals surface area contributed by atoms with Crippen LogP contribution in [0.5, 0.6) is 0 Å². The van der Waals surface area contributed by atoms with Crippen molar-refractivity contribution in [1.82, 2.24) is 5.32 Å². The lowest BCUT2D eigenvalue weighted by molar-refractivity contribution is -0.139. The summed E-state index contributed by atoms with van der Waals surface area (Å²) in [5.41, 5.74) is 0. The third-order valence-corrected chi connectivity index (χ3v) is 2.94. The van der Waals surface area contributed by atoms with Crippen LogP contribution in [0.4, 0.5) is 0 Å². The highest BCUT2D eigenvalue weighted by molar-refractivity contribution is 6.68. The molecule has 0 spiro atoms. The van der Waals surface area contributed by atoms with Crippen molar-refractivity contribution in [2.75, 3.05) is 0 Å². The van der Waals surface area contributed by atoms with Crippen LogP contribution in [0.3, 0.4) is 0 Å². The van der Waals surface area contributed by atoms with Gasteiger partial charge in [-0.15, -0.1) is 0 Å². The molecular formula is C8H4Cl3N3O2. The molecule has 1 rings (SSSR count). The average Bonchev–Trinajstić information content (AvgIpc) is 2.15. The number of rotatable bonds is 0. The molecule has 0 radical (unpaired) electrons. The fourth-order valence-corrected chi connectivity index (χ4v) is 2.21. The number of hydrogen-bond donors (Lipinski definition) is 1. The Morgan fingerprint density at radius 2 is 1.44 bits per heavy atom. The second-order valence-electron chi connectivity index (χ2n) is 3.13. The van der Waals surface area contributed by atoms with Gasteiger partial charge in [-0.3, -0.25) is 14.9 Å². The van der Waals surface area contributed by atoms with E-state index < -0.39 is 33.4 Å². The summed E-state index contributed by atoms with van der Waals surface area (Å²) < 4.78 is -2.03. The second-order valence-corrected chi connectivity index (χ2v) is 5.50. The fourth-order valence-electron chi connectivity index (χ4n) is 1.45. The Kier molecular flexibility index (Phi) is 3.64. The summed E-state index contributed by atoms with van der Waals surface area (Å²) in [5, 5.41) is 19.5. The van der Waals surface area contributed by atoms with Gasteiger partial charge in [0.15, 0.2) is 3.79 Å². The highest BCUT2D eigenvalue weighted by atomic mass is 35.6. The van der Waals surface area contributed by atoms with Crippen LogP contribution in [0.1, 0.15) is 0 Å². The normalized spacial score (nSPS) is 26.8. The first-order valence-electron chi connectivity index (χ1n) is 4.03. The molecule has 2 amide bonds. The van der Waals surface area contributed by atoms with Crippen molar-refractivity contribution in [3.05, 3.63) is 0 Å². The van der Waals surface area contributed by atoms with Gasteiger partial charge in [0.2, 0.25) is 11.8 Å². The SMILES string of the molecule is N#C[C@H]1C(=O)NC(=O)[C@H](C#N)C1C(Cl)(Cl)Cl. The van der Waals surface area contributed by atoms with Gasteiger partial charge in [-0.25, -0.2) is 0 Å². The van der Waals surface area contributed by atoms with Crippen molar-refractivity contribution in [2.24, 2.45) is 17.8 Å². The van der Waals surface area contributed by atoms with Crippen molar-refractivity contribution in [1.29, 1.82) is 10.5 Å². The molecule has 1 aliphatic rings. The number of piperidine rings is 1. The molecule has 0 unspecified atom stereocenters. The molecule has 0 aromatic carbocycles. The Hall–Kier alpha value is -1.01. The zero-order chi connectivity index (χ0) is 12.5. The summed E-state index contributed by atoms with van der Waals surface area (Å²) in [6.45, 7) is 0. The van der Waals surface area contributed by atoms with E-state index in [-0.39, 0.29) is 0 Å². The Bertz CT molecular complexity index is 386. The van der Waals surface area contributed by atoms with Gasteiger partial charge in [0.25, 0.3) is 0 Å². The summed E-state index contributed by atoms with van der Waals surface area (Å²) in [5.74, 6) is -5.65. The predicted molar refractivity (Wildman–Crippen MR) is 55.1 cm³/mol. The number of halogens is 3. The van der Waals surface area contributed by atoms with E-state index in [1.54, 1.807) is 12.1 Å². The second kappa shape index (κ2) is 4.47. The molecule has 8 heteroatoms. The Labute approximate surface area is 106 Å². The minimum absolute atomic E-state index is 0.852. The van der Waals surface area contributed by atoms with Gasteiger partial charge in [-0.05, 0) is 0 Å². The Morgan fingerprint density at radius 3 is 1.69 bits per heavy atom. The zero-order valence-electron chi connectivity index (χ0n) is 7.58. The number of alkyl halides is 3. The number of amides is 2. The van der Waals surface area contributed by atoms with E-state index >= 15 is 0 Å². The molecule has 1 N–H and O–H groups in total. The summed E-state index contributed by atoms with van der Waals surface area (Å²) >= 11 is 16.8. The van der Waals surface area contributed by atoms with Gasteiger partial charge in [0, 0.05) is 0 Å². The lowest BCUT2D eigenvalue weighted by atomic mass is 9.79. The van der Waals surface area contributed by atoms with E-state index in [2.05, 4.69) is 0 Å². The number of hydrogen-bond acceptors (Lipinski definition) is 4. The van der Waals surface area contributed by atoms with Crippen LogP contribution in [0.25, 0.3) is 0 Å². The van der Waals surface area contributed by atoms with E-state index in [9.17, 15) is 9.59 Å². The van der Waals surface area contributed by atoms with Gasteiger partial charge >= 0.3 is 0 Å². The van der Waals surface area contributed by atoms with Crippen LogP contribution < -0.4 is 5.32 Å². The topological polar surface area (TPSA) is 93.8 Å². The number of carbonyl (C=O) groups excluding carboxylic acids is 2. The van der Waals surface area contributed by atoms with Crippen LogP contribution in [0, 0.1) is 40.4 Å². The predicted octanol–water partition coefficient (Wildman–Crippen LogP) is 0.909. The van der Waals surface area contributed by atoms with Gasteiger partial charge in [-0.1, -0.05) is 34.8 Å². The van der Waals surface area contributed by atoms with E-state index in [1.165, 1.54) is 0 Å². The molecule has 0 bridgehead atoms. The van der Waals surface area contributed by atoms with Crippen LogP contribution in [0.2, 0.25) is 0 Å². The van der Waals surface area contributed by atoms with Crippen LogP contribution >= 0.6 is 34.8 Å². The quantitative estimate of drug-likeness (QED) is 0.527. The van der Waals surface area contributed by atoms with E-state index in [0.717, 1.165) is 0 Å². The minimum Gasteiger partial charge on any atom is -0.294 e. The summed E-state index contributed by atoms with van der Waals surface area (Å²) in [7, 11) is 0. The molecule has 1 heterocycles. The Balaban J connectivity index is 3.23. The van der Waals surface area contributed by atoms with Crippen molar-refractivity contribution in [3.63, 3.8) is 0 Å². The number of carbonyl (C=O) groups is 2. The standard InChI is InChI=1S/C8H4Cl3N3O2/c9-8(10,11)5-3(1-12)6(15)14-7(16)4(5)2-13/h3-5H,(H,14,15,16)/t3-,4-/m1/s1. The van der Waals surface area contributed by atoms with Crippen molar-refractivity contribution >= 4 is 46.6 Å². The van der Waals surface area contributed by atoms with Crippen molar-refractivity contribution < 1.29 is 9.59 Å². The zero-order valence-corrected chi connectivity index (χ0v) is 9.84. The molecule has 0 aliphatic carbocycles. The summed E-state index contributed by atoms with van der Waals surface area (Å²) in [6, 6.07) is 3.25. The molecule has 1 fully saturated rings. The van der Waals surface area contributed by atoms with Gasteiger partial charge < -0.3 is 0 Å². The van der Waals surface area contributed by atoms with E-state index in [0.29, 0.717) is 0 Å². The van der Waals surface area contributed by atoms with Gasteiger partial charge in [-0.2, -0.15) is 10.5 Å². The molecule has 0 aromatic heterocycles. The van der Waals surface area contributed by atoms with E-state index in [4.69, 9.17) is 45.3 Å². The Morgan fingerprint density at radius 1 is 1.06 bits per heavy atom. The lowest BCUT2D eigenvalue weighted by Gasteiger charge is -2.33. The monoisotopic (exact) mass is 279 g/mol. The third kappa shape index (κ3) is 2.22. The maximum atomic E-state index is 11.3. The number of nitrogens with zero attached hydrogens (tertiary/aromatic N) is 2. The molecule has 2 atom stereocenters. The molecular weight excluding hydrogens is 276 g/mol. The maximum absolute atomic E-state index is 11.3. The van der Waals surface area contributed by atoms with Crippen LogP contribution in [-0.4, -0.2) is 15.6 Å². The summed E-state index contributed by atoms with van der Waals surface area (Å²) in [6.07, 6.45) is 0. The first-order valence-corrected chi connectivity index (χ1v) is 5.17. The van der Waals surface area contributed by atoms with Crippen molar-refractivity contribution in [3.8, 4) is 12.1 Å². The van der Waals surface area contributed by atoms with Crippen LogP contribution in [0.15, 0.2) is 0 Å². The molecule has 0 saturated carbocycles.